The Morgan fingerprint density at radius 2 is 2.09 bits per heavy atom. The Kier molecular flexibility index (Phi) is 2.13. The maximum Gasteiger partial charge on any atom is 0.175 e. The first-order chi connectivity index (χ1) is 5.11. The van der Waals surface area contributed by atoms with E-state index in [4.69, 9.17) is 0 Å². The van der Waals surface area contributed by atoms with Gasteiger partial charge in [0.2, 0.25) is 0 Å². The molecule has 58 valence electrons. The largest absolute Gasteiger partial charge is 0.224 e. The Hall–Kier alpha value is -1.05. The van der Waals surface area contributed by atoms with Crippen LogP contribution >= 0.6 is 0 Å². The minimum atomic E-state index is -3.07. The lowest BCUT2D eigenvalue weighted by molar-refractivity contribution is 0.608. The second-order valence-electron chi connectivity index (χ2n) is 2.20. The lowest BCUT2D eigenvalue weighted by Crippen LogP contribution is -1.97. The van der Waals surface area contributed by atoms with E-state index in [1.165, 1.54) is 12.3 Å². The van der Waals surface area contributed by atoms with E-state index in [-0.39, 0.29) is 0 Å². The molecule has 1 rings (SSSR count). The van der Waals surface area contributed by atoms with E-state index >= 15 is 0 Å². The van der Waals surface area contributed by atoms with Gasteiger partial charge in [-0.15, -0.1) is 5.73 Å². The molecule has 0 spiro atoms. The van der Waals surface area contributed by atoms with Crippen LogP contribution in [0.1, 0.15) is 0 Å². The van der Waals surface area contributed by atoms with Crippen molar-refractivity contribution in [2.24, 2.45) is 0 Å². The summed E-state index contributed by atoms with van der Waals surface area (Å²) < 4.78 is 21.9. The van der Waals surface area contributed by atoms with Gasteiger partial charge in [-0.3, -0.25) is 0 Å². The normalized spacial score (nSPS) is 16.3. The molecular formula is C8H8O2S. The van der Waals surface area contributed by atoms with Crippen LogP contribution in [0.5, 0.6) is 0 Å². The van der Waals surface area contributed by atoms with E-state index in [1.54, 1.807) is 24.3 Å². The van der Waals surface area contributed by atoms with Crippen molar-refractivity contribution in [2.75, 3.05) is 6.26 Å². The first-order valence-electron chi connectivity index (χ1n) is 3.10. The van der Waals surface area contributed by atoms with Crippen LogP contribution in [0.2, 0.25) is 0 Å². The highest BCUT2D eigenvalue weighted by Crippen LogP contribution is 2.07. The van der Waals surface area contributed by atoms with Crippen LogP contribution in [-0.2, 0) is 9.84 Å². The molecule has 0 saturated carbocycles. The molecule has 1 aliphatic rings. The zero-order chi connectivity index (χ0) is 8.32. The molecule has 0 aromatic heterocycles. The summed E-state index contributed by atoms with van der Waals surface area (Å²) in [4.78, 5) is 0.318. The molecule has 0 heterocycles. The first-order valence-corrected chi connectivity index (χ1v) is 4.99. The molecule has 11 heavy (non-hydrogen) atoms. The Morgan fingerprint density at radius 1 is 1.36 bits per heavy atom. The zero-order valence-electron chi connectivity index (χ0n) is 6.11. The van der Waals surface area contributed by atoms with Crippen LogP contribution in [0.15, 0.2) is 41.0 Å². The molecule has 0 amide bonds. The van der Waals surface area contributed by atoms with Gasteiger partial charge in [-0.25, -0.2) is 8.42 Å². The highest BCUT2D eigenvalue weighted by molar-refractivity contribution is 7.94. The first kappa shape index (κ1) is 8.05. The van der Waals surface area contributed by atoms with Gasteiger partial charge in [-0.1, -0.05) is 6.08 Å². The SMILES string of the molecule is CS(=O)(=O)C1=CC=C=CC=C1. The summed E-state index contributed by atoms with van der Waals surface area (Å²) in [5, 5.41) is 0. The molecule has 0 radical (unpaired) electrons. The van der Waals surface area contributed by atoms with Crippen LogP contribution in [0, 0.1) is 0 Å². The average molecular weight is 168 g/mol. The molecule has 0 fully saturated rings. The Balaban J connectivity index is 3.13. The van der Waals surface area contributed by atoms with E-state index in [9.17, 15) is 8.42 Å². The Labute approximate surface area is 66.2 Å². The van der Waals surface area contributed by atoms with Gasteiger partial charge in [-0.05, 0) is 24.3 Å². The van der Waals surface area contributed by atoms with Gasteiger partial charge < -0.3 is 0 Å². The van der Waals surface area contributed by atoms with Crippen molar-refractivity contribution in [1.82, 2.24) is 0 Å². The summed E-state index contributed by atoms with van der Waals surface area (Å²) in [5.74, 6) is 0. The Bertz CT molecular complexity index is 363. The lowest BCUT2D eigenvalue weighted by Gasteiger charge is -1.93. The standard InChI is InChI=1S/C8H8O2S/c1-11(9,10)8-6-4-2-3-5-7-8/h2,4-7H,1H3. The van der Waals surface area contributed by atoms with Crippen LogP contribution < -0.4 is 0 Å². The fraction of sp³-hybridized carbons (Fsp3) is 0.125. The molecular weight excluding hydrogens is 160 g/mol. The third-order valence-corrected chi connectivity index (χ3v) is 2.35. The van der Waals surface area contributed by atoms with Crippen molar-refractivity contribution < 1.29 is 8.42 Å². The van der Waals surface area contributed by atoms with Gasteiger partial charge in [0.1, 0.15) is 0 Å². The molecule has 0 bridgehead atoms. The molecule has 0 aromatic carbocycles. The number of hydrogen-bond donors (Lipinski definition) is 0. The Morgan fingerprint density at radius 3 is 2.73 bits per heavy atom. The smallest absolute Gasteiger partial charge is 0.175 e. The van der Waals surface area contributed by atoms with Crippen molar-refractivity contribution in [3.63, 3.8) is 0 Å². The van der Waals surface area contributed by atoms with E-state index < -0.39 is 9.84 Å². The molecule has 0 N–H and O–H groups in total. The minimum absolute atomic E-state index is 0.318. The second-order valence-corrected chi connectivity index (χ2v) is 4.22. The van der Waals surface area contributed by atoms with Crippen molar-refractivity contribution in [2.45, 2.75) is 0 Å². The van der Waals surface area contributed by atoms with E-state index in [0.29, 0.717) is 4.91 Å². The van der Waals surface area contributed by atoms with E-state index in [2.05, 4.69) is 5.73 Å². The van der Waals surface area contributed by atoms with Crippen LogP contribution in [0.25, 0.3) is 0 Å². The third-order valence-electron chi connectivity index (χ3n) is 1.22. The van der Waals surface area contributed by atoms with E-state index in [1.807, 2.05) is 0 Å². The molecule has 0 unspecified atom stereocenters. The van der Waals surface area contributed by atoms with Crippen LogP contribution in [0.4, 0.5) is 0 Å². The van der Waals surface area contributed by atoms with Crippen LogP contribution in [-0.4, -0.2) is 14.7 Å². The molecule has 0 aliphatic heterocycles. The van der Waals surface area contributed by atoms with Gasteiger partial charge in [0.25, 0.3) is 0 Å². The molecule has 0 aromatic rings. The van der Waals surface area contributed by atoms with Gasteiger partial charge in [0, 0.05) is 6.26 Å². The fourth-order valence-corrected chi connectivity index (χ4v) is 1.33. The fourth-order valence-electron chi connectivity index (χ4n) is 0.687. The van der Waals surface area contributed by atoms with Crippen molar-refractivity contribution >= 4 is 9.84 Å². The summed E-state index contributed by atoms with van der Waals surface area (Å²) in [6, 6.07) is 0. The summed E-state index contributed by atoms with van der Waals surface area (Å²) in [6.07, 6.45) is 9.14. The minimum Gasteiger partial charge on any atom is -0.224 e. The predicted octanol–water partition coefficient (Wildman–Crippen LogP) is 1.20. The molecule has 0 atom stereocenters. The molecule has 0 saturated heterocycles. The number of hydrogen-bond acceptors (Lipinski definition) is 2. The summed E-state index contributed by atoms with van der Waals surface area (Å²) in [6.45, 7) is 0. The summed E-state index contributed by atoms with van der Waals surface area (Å²) in [7, 11) is -3.07. The lowest BCUT2D eigenvalue weighted by atomic mass is 10.4. The van der Waals surface area contributed by atoms with Crippen molar-refractivity contribution in [3.8, 4) is 0 Å². The topological polar surface area (TPSA) is 34.1 Å². The molecule has 1 aliphatic carbocycles. The van der Waals surface area contributed by atoms with Crippen LogP contribution in [0.3, 0.4) is 0 Å². The highest BCUT2D eigenvalue weighted by atomic mass is 32.2. The zero-order valence-corrected chi connectivity index (χ0v) is 6.93. The van der Waals surface area contributed by atoms with Gasteiger partial charge in [-0.2, -0.15) is 0 Å². The maximum absolute atomic E-state index is 11.0. The van der Waals surface area contributed by atoms with E-state index in [0.717, 1.165) is 0 Å². The highest BCUT2D eigenvalue weighted by Gasteiger charge is 2.05. The van der Waals surface area contributed by atoms with Gasteiger partial charge in [0.15, 0.2) is 9.84 Å². The predicted molar refractivity (Wildman–Crippen MR) is 44.7 cm³/mol. The number of allylic oxidation sites excluding steroid dienone is 4. The molecule has 3 heteroatoms. The summed E-state index contributed by atoms with van der Waals surface area (Å²) >= 11 is 0. The maximum atomic E-state index is 11.0. The van der Waals surface area contributed by atoms with Gasteiger partial charge in [0.05, 0.1) is 4.91 Å². The quantitative estimate of drug-likeness (QED) is 0.551. The van der Waals surface area contributed by atoms with Gasteiger partial charge >= 0.3 is 0 Å². The third kappa shape index (κ3) is 2.22. The summed E-state index contributed by atoms with van der Waals surface area (Å²) in [5.41, 5.74) is 2.77. The second kappa shape index (κ2) is 2.91. The average Bonchev–Trinajstić information content (AvgIpc) is 2.10. The molecule has 2 nitrogen and oxygen atoms in total. The van der Waals surface area contributed by atoms with Crippen molar-refractivity contribution in [1.29, 1.82) is 0 Å². The van der Waals surface area contributed by atoms with Crippen molar-refractivity contribution in [3.05, 3.63) is 41.0 Å². The number of sulfone groups is 1. The number of rotatable bonds is 1. The monoisotopic (exact) mass is 168 g/mol.